The molecule has 0 aliphatic rings. The highest BCUT2D eigenvalue weighted by atomic mass is 16.6. The highest BCUT2D eigenvalue weighted by molar-refractivity contribution is 5.95. The maximum Gasteiger partial charge on any atom is 0.293 e. The molecule has 1 aromatic heterocycles. The van der Waals surface area contributed by atoms with Crippen molar-refractivity contribution in [2.75, 3.05) is 0 Å². The van der Waals surface area contributed by atoms with E-state index < -0.39 is 16.2 Å². The smallest absolute Gasteiger partial charge is 0.293 e. The van der Waals surface area contributed by atoms with E-state index in [1.807, 2.05) is 0 Å². The summed E-state index contributed by atoms with van der Waals surface area (Å²) >= 11 is 0. The van der Waals surface area contributed by atoms with Crippen molar-refractivity contribution in [3.63, 3.8) is 0 Å². The molecule has 2 N–H and O–H groups in total. The summed E-state index contributed by atoms with van der Waals surface area (Å²) < 4.78 is 0. The van der Waals surface area contributed by atoms with Gasteiger partial charge in [-0.2, -0.15) is 5.11 Å². The molecule has 0 saturated carbocycles. The lowest BCUT2D eigenvalue weighted by Gasteiger charge is -2.04. The molecule has 2 aromatic carbocycles. The Morgan fingerprint density at radius 2 is 1.85 bits per heavy atom. The summed E-state index contributed by atoms with van der Waals surface area (Å²) in [4.78, 5) is 36.1. The largest absolute Gasteiger partial charge is 0.505 e. The fourth-order valence-corrected chi connectivity index (χ4v) is 2.39. The topological polar surface area (TPSA) is 138 Å². The molecule has 0 fully saturated rings. The number of hydrogen-bond acceptors (Lipinski definition) is 7. The van der Waals surface area contributed by atoms with Crippen LogP contribution in [0.1, 0.15) is 17.3 Å². The van der Waals surface area contributed by atoms with Crippen LogP contribution in [0.2, 0.25) is 0 Å². The van der Waals surface area contributed by atoms with Gasteiger partial charge in [0, 0.05) is 17.0 Å². The Morgan fingerprint density at radius 1 is 1.15 bits per heavy atom. The van der Waals surface area contributed by atoms with Crippen LogP contribution in [0.15, 0.2) is 57.5 Å². The summed E-state index contributed by atoms with van der Waals surface area (Å²) in [5.41, 5.74) is -0.736. The zero-order chi connectivity index (χ0) is 18.8. The summed E-state index contributed by atoms with van der Waals surface area (Å²) in [6.07, 6.45) is 0. The molecule has 0 bridgehead atoms. The van der Waals surface area contributed by atoms with Gasteiger partial charge in [0.25, 0.3) is 11.2 Å². The van der Waals surface area contributed by atoms with E-state index in [1.165, 1.54) is 37.3 Å². The van der Waals surface area contributed by atoms with E-state index in [1.54, 1.807) is 12.1 Å². The van der Waals surface area contributed by atoms with Gasteiger partial charge in [-0.25, -0.2) is 0 Å². The number of aromatic hydroxyl groups is 1. The number of non-ortho nitro benzene ring substituents is 1. The second kappa shape index (κ2) is 6.55. The van der Waals surface area contributed by atoms with Crippen molar-refractivity contribution in [1.82, 2.24) is 4.98 Å². The number of nitro groups is 1. The predicted octanol–water partition coefficient (Wildman–Crippen LogP) is 3.76. The molecule has 0 amide bonds. The molecule has 0 aliphatic heterocycles. The van der Waals surface area contributed by atoms with Gasteiger partial charge in [-0.15, -0.1) is 5.11 Å². The molecular formula is C17H12N4O5. The standard InChI is InChI=1S/C17H12N4O5/c1-9(22)10-5-7-11(8-6-10)19-20-15-16(23)12-3-2-4-13(21(25)26)14(12)18-17(15)24/h2-8H,1H3,(H2,18,23,24). The van der Waals surface area contributed by atoms with Crippen LogP contribution in [0, 0.1) is 10.1 Å². The average Bonchev–Trinajstić information content (AvgIpc) is 2.61. The van der Waals surface area contributed by atoms with Gasteiger partial charge in [0.15, 0.2) is 17.2 Å². The average molecular weight is 352 g/mol. The van der Waals surface area contributed by atoms with Gasteiger partial charge >= 0.3 is 0 Å². The Hall–Kier alpha value is -3.88. The molecular weight excluding hydrogens is 340 g/mol. The Balaban J connectivity index is 2.07. The van der Waals surface area contributed by atoms with Gasteiger partial charge in [0.05, 0.1) is 10.6 Å². The lowest BCUT2D eigenvalue weighted by Crippen LogP contribution is -2.06. The van der Waals surface area contributed by atoms with Gasteiger partial charge in [-0.1, -0.05) is 6.07 Å². The first kappa shape index (κ1) is 17.0. The number of ketones is 1. The number of nitrogens with zero attached hydrogens (tertiary/aromatic N) is 3. The van der Waals surface area contributed by atoms with E-state index in [-0.39, 0.29) is 28.1 Å². The Kier molecular flexibility index (Phi) is 4.27. The summed E-state index contributed by atoms with van der Waals surface area (Å²) in [7, 11) is 0. The van der Waals surface area contributed by atoms with Crippen LogP contribution in [0.5, 0.6) is 5.75 Å². The van der Waals surface area contributed by atoms with Gasteiger partial charge in [-0.05, 0) is 37.3 Å². The van der Waals surface area contributed by atoms with E-state index in [9.17, 15) is 24.8 Å². The maximum absolute atomic E-state index is 12.2. The minimum atomic E-state index is -0.812. The first-order chi connectivity index (χ1) is 12.4. The first-order valence-corrected chi connectivity index (χ1v) is 7.43. The maximum atomic E-state index is 12.2. The van der Waals surface area contributed by atoms with Gasteiger partial charge in [0.1, 0.15) is 5.52 Å². The number of para-hydroxylation sites is 1. The molecule has 9 nitrogen and oxygen atoms in total. The van der Waals surface area contributed by atoms with E-state index in [4.69, 9.17) is 0 Å². The zero-order valence-electron chi connectivity index (χ0n) is 13.5. The van der Waals surface area contributed by atoms with E-state index in [0.717, 1.165) is 0 Å². The molecule has 3 aromatic rings. The van der Waals surface area contributed by atoms with Crippen LogP contribution in [-0.4, -0.2) is 20.8 Å². The van der Waals surface area contributed by atoms with E-state index in [2.05, 4.69) is 15.2 Å². The summed E-state index contributed by atoms with van der Waals surface area (Å²) in [6.45, 7) is 1.43. The Bertz CT molecular complexity index is 1120. The van der Waals surface area contributed by atoms with Gasteiger partial charge < -0.3 is 10.1 Å². The zero-order valence-corrected chi connectivity index (χ0v) is 13.5. The normalized spacial score (nSPS) is 11.1. The molecule has 0 aliphatic carbocycles. The molecule has 0 atom stereocenters. The van der Waals surface area contributed by atoms with Crippen molar-refractivity contribution in [1.29, 1.82) is 0 Å². The van der Waals surface area contributed by atoms with Crippen LogP contribution >= 0.6 is 0 Å². The number of azo groups is 1. The first-order valence-electron chi connectivity index (χ1n) is 7.43. The lowest BCUT2D eigenvalue weighted by atomic mass is 10.1. The quantitative estimate of drug-likeness (QED) is 0.318. The van der Waals surface area contributed by atoms with E-state index in [0.29, 0.717) is 11.3 Å². The second-order valence-corrected chi connectivity index (χ2v) is 5.41. The van der Waals surface area contributed by atoms with Crippen LogP contribution in [-0.2, 0) is 0 Å². The Labute approximate surface area is 145 Å². The van der Waals surface area contributed by atoms with Crippen molar-refractivity contribution in [2.24, 2.45) is 10.2 Å². The number of Topliss-reactive ketones (excluding diaryl/α,β-unsaturated/α-hetero) is 1. The van der Waals surface area contributed by atoms with Crippen molar-refractivity contribution >= 4 is 33.7 Å². The number of carbonyl (C=O) groups is 1. The summed E-state index contributed by atoms with van der Waals surface area (Å²) in [6, 6.07) is 10.2. The third-order valence-electron chi connectivity index (χ3n) is 3.71. The molecule has 26 heavy (non-hydrogen) atoms. The molecule has 1 heterocycles. The highest BCUT2D eigenvalue weighted by Gasteiger charge is 2.18. The molecule has 0 unspecified atom stereocenters. The van der Waals surface area contributed by atoms with Crippen LogP contribution in [0.25, 0.3) is 10.9 Å². The van der Waals surface area contributed by atoms with Crippen molar-refractivity contribution in [3.8, 4) is 5.75 Å². The third-order valence-corrected chi connectivity index (χ3v) is 3.71. The Morgan fingerprint density at radius 3 is 2.46 bits per heavy atom. The number of fused-ring (bicyclic) bond motifs is 1. The van der Waals surface area contributed by atoms with Crippen molar-refractivity contribution in [2.45, 2.75) is 6.92 Å². The predicted molar refractivity (Wildman–Crippen MR) is 93.5 cm³/mol. The van der Waals surface area contributed by atoms with Crippen LogP contribution < -0.4 is 5.56 Å². The number of aromatic amines is 1. The highest BCUT2D eigenvalue weighted by Crippen LogP contribution is 2.34. The van der Waals surface area contributed by atoms with Crippen LogP contribution in [0.4, 0.5) is 17.1 Å². The monoisotopic (exact) mass is 352 g/mol. The van der Waals surface area contributed by atoms with Crippen molar-refractivity contribution < 1.29 is 14.8 Å². The molecule has 9 heteroatoms. The molecule has 0 radical (unpaired) electrons. The SMILES string of the molecule is CC(=O)c1ccc(N=Nc2c(O)c3cccc([N+](=O)[O-])c3[nH]c2=O)cc1. The summed E-state index contributed by atoms with van der Waals surface area (Å²) in [5.74, 6) is -0.602. The number of benzene rings is 2. The van der Waals surface area contributed by atoms with E-state index >= 15 is 0 Å². The number of carbonyl (C=O) groups excluding carboxylic acids is 1. The molecule has 0 saturated heterocycles. The number of pyridine rings is 1. The van der Waals surface area contributed by atoms with Crippen LogP contribution in [0.3, 0.4) is 0 Å². The number of H-pyrrole nitrogens is 1. The minimum Gasteiger partial charge on any atom is -0.505 e. The number of rotatable bonds is 4. The molecule has 130 valence electrons. The number of nitro benzene ring substituents is 1. The van der Waals surface area contributed by atoms with Gasteiger partial charge in [-0.3, -0.25) is 19.7 Å². The summed E-state index contributed by atoms with van der Waals surface area (Å²) in [5, 5.41) is 29.0. The minimum absolute atomic E-state index is 0.0830. The number of hydrogen-bond donors (Lipinski definition) is 2. The fraction of sp³-hybridized carbons (Fsp3) is 0.0588. The fourth-order valence-electron chi connectivity index (χ4n) is 2.39. The lowest BCUT2D eigenvalue weighted by molar-refractivity contribution is -0.383. The molecule has 3 rings (SSSR count). The third kappa shape index (κ3) is 3.05. The molecule has 0 spiro atoms. The van der Waals surface area contributed by atoms with Crippen molar-refractivity contribution in [3.05, 3.63) is 68.5 Å². The second-order valence-electron chi connectivity index (χ2n) is 5.41. The van der Waals surface area contributed by atoms with Gasteiger partial charge in [0.2, 0.25) is 0 Å². The number of aromatic nitrogens is 1. The number of nitrogens with one attached hydrogen (secondary N) is 1.